The van der Waals surface area contributed by atoms with E-state index in [0.29, 0.717) is 22.4 Å². The SMILES string of the molecule is COc1cccnc1CNC(=O)C1(C)COc2c(oc3cc(B4OC(C)(C)C(C)(C)O4)ccc23)C(=O)N1CC(=O)N(C)C. The minimum atomic E-state index is -1.57. The highest BCUT2D eigenvalue weighted by Gasteiger charge is 2.52. The number of ether oxygens (including phenoxy) is 2. The summed E-state index contributed by atoms with van der Waals surface area (Å²) in [6, 6.07) is 8.82. The van der Waals surface area contributed by atoms with Crippen molar-refractivity contribution in [3.63, 3.8) is 0 Å². The monoisotopic (exact) mass is 592 g/mol. The standard InChI is InChI=1S/C30H37BN4O8/c1-28(2)29(3,4)43-31(42-28)18-11-12-19-22(14-18)41-25-24(19)40-17-30(5,35(26(25)37)16-23(36)34(6)7)27(38)33-15-20-21(39-8)10-9-13-32-20/h9-14H,15-17H2,1-8H3,(H,33,38). The van der Waals surface area contributed by atoms with Crippen LogP contribution < -0.4 is 20.3 Å². The van der Waals surface area contributed by atoms with Crippen molar-refractivity contribution in [2.45, 2.75) is 57.9 Å². The molecule has 1 aromatic carbocycles. The number of aromatic nitrogens is 1. The summed E-state index contributed by atoms with van der Waals surface area (Å²) in [5.41, 5.74) is -1.01. The van der Waals surface area contributed by atoms with Gasteiger partial charge in [-0.3, -0.25) is 19.4 Å². The number of pyridine rings is 1. The molecule has 1 atom stereocenters. The predicted molar refractivity (Wildman–Crippen MR) is 158 cm³/mol. The minimum Gasteiger partial charge on any atom is -0.495 e. The Bertz CT molecular complexity index is 1570. The van der Waals surface area contributed by atoms with Gasteiger partial charge in [-0.25, -0.2) is 0 Å². The Labute approximate surface area is 250 Å². The molecule has 2 aromatic heterocycles. The molecule has 1 N–H and O–H groups in total. The van der Waals surface area contributed by atoms with Crippen molar-refractivity contribution in [2.24, 2.45) is 0 Å². The molecule has 5 rings (SSSR count). The number of likely N-dealkylation sites (N-methyl/N-ethyl adjacent to an activating group) is 1. The Morgan fingerprint density at radius 1 is 1.12 bits per heavy atom. The van der Waals surface area contributed by atoms with Gasteiger partial charge in [-0.2, -0.15) is 0 Å². The summed E-state index contributed by atoms with van der Waals surface area (Å²) in [6.45, 7) is 8.87. The van der Waals surface area contributed by atoms with Crippen molar-refractivity contribution in [1.82, 2.24) is 20.1 Å². The molecule has 4 heterocycles. The summed E-state index contributed by atoms with van der Waals surface area (Å²) in [5.74, 6) is -0.948. The van der Waals surface area contributed by atoms with E-state index in [4.69, 9.17) is 23.2 Å². The van der Waals surface area contributed by atoms with Gasteiger partial charge in [0.1, 0.15) is 30.2 Å². The van der Waals surface area contributed by atoms with Crippen LogP contribution in [-0.4, -0.2) is 90.7 Å². The summed E-state index contributed by atoms with van der Waals surface area (Å²) >= 11 is 0. The average molecular weight is 592 g/mol. The highest BCUT2D eigenvalue weighted by molar-refractivity contribution is 6.62. The number of rotatable bonds is 7. The first-order valence-electron chi connectivity index (χ1n) is 14.0. The van der Waals surface area contributed by atoms with Crippen molar-refractivity contribution in [1.29, 1.82) is 0 Å². The average Bonchev–Trinajstić information content (AvgIpc) is 3.40. The summed E-state index contributed by atoms with van der Waals surface area (Å²) in [7, 11) is 4.04. The molecule has 0 bridgehead atoms. The highest BCUT2D eigenvalue weighted by Crippen LogP contribution is 2.40. The molecule has 2 aliphatic heterocycles. The second-order valence-corrected chi connectivity index (χ2v) is 12.2. The summed E-state index contributed by atoms with van der Waals surface area (Å²) in [5, 5.41) is 3.38. The third kappa shape index (κ3) is 5.31. The lowest BCUT2D eigenvalue weighted by molar-refractivity contribution is -0.137. The van der Waals surface area contributed by atoms with Crippen LogP contribution in [0.4, 0.5) is 0 Å². The van der Waals surface area contributed by atoms with Crippen molar-refractivity contribution in [3.8, 4) is 11.5 Å². The van der Waals surface area contributed by atoms with E-state index in [9.17, 15) is 14.4 Å². The van der Waals surface area contributed by atoms with Gasteiger partial charge in [0.2, 0.25) is 17.6 Å². The Morgan fingerprint density at radius 3 is 2.47 bits per heavy atom. The lowest BCUT2D eigenvalue weighted by atomic mass is 9.79. The number of nitrogens with one attached hydrogen (secondary N) is 1. The van der Waals surface area contributed by atoms with Gasteiger partial charge in [-0.1, -0.05) is 6.07 Å². The number of nitrogens with zero attached hydrogens (tertiary/aromatic N) is 3. The quantitative estimate of drug-likeness (QED) is 0.410. The van der Waals surface area contributed by atoms with E-state index in [1.54, 1.807) is 51.5 Å². The molecule has 12 nitrogen and oxygen atoms in total. The zero-order valence-electron chi connectivity index (χ0n) is 25.8. The van der Waals surface area contributed by atoms with E-state index in [0.717, 1.165) is 5.46 Å². The van der Waals surface area contributed by atoms with Gasteiger partial charge in [-0.15, -0.1) is 0 Å². The van der Waals surface area contributed by atoms with Gasteiger partial charge < -0.3 is 38.3 Å². The second kappa shape index (κ2) is 10.9. The highest BCUT2D eigenvalue weighted by atomic mass is 16.7. The molecule has 1 unspecified atom stereocenters. The van der Waals surface area contributed by atoms with Crippen LogP contribution in [0.2, 0.25) is 0 Å². The lowest BCUT2D eigenvalue weighted by Gasteiger charge is -2.37. The van der Waals surface area contributed by atoms with Crippen LogP contribution in [0.25, 0.3) is 11.0 Å². The third-order valence-corrected chi connectivity index (χ3v) is 8.49. The number of furan rings is 1. The van der Waals surface area contributed by atoms with Crippen molar-refractivity contribution < 1.29 is 37.6 Å². The molecule has 1 fully saturated rings. The van der Waals surface area contributed by atoms with E-state index in [2.05, 4.69) is 10.3 Å². The normalized spacial score (nSPS) is 20.8. The van der Waals surface area contributed by atoms with Crippen LogP contribution in [0.3, 0.4) is 0 Å². The van der Waals surface area contributed by atoms with E-state index < -0.39 is 35.7 Å². The maximum Gasteiger partial charge on any atom is 0.494 e. The Balaban J connectivity index is 1.47. The molecule has 3 amide bonds. The molecular formula is C30H37BN4O8. The number of fused-ring (bicyclic) bond motifs is 3. The number of carbonyl (C=O) groups is 3. The van der Waals surface area contributed by atoms with E-state index >= 15 is 0 Å². The van der Waals surface area contributed by atoms with Crippen molar-refractivity contribution in [3.05, 3.63) is 48.0 Å². The zero-order valence-corrected chi connectivity index (χ0v) is 25.8. The Hall–Kier alpha value is -4.10. The molecule has 43 heavy (non-hydrogen) atoms. The fourth-order valence-corrected chi connectivity index (χ4v) is 4.94. The van der Waals surface area contributed by atoms with E-state index in [1.165, 1.54) is 16.9 Å². The maximum absolute atomic E-state index is 14.1. The second-order valence-electron chi connectivity index (χ2n) is 12.2. The van der Waals surface area contributed by atoms with Gasteiger partial charge in [0.25, 0.3) is 5.91 Å². The van der Waals surface area contributed by atoms with E-state index in [1.807, 2.05) is 33.8 Å². The van der Waals surface area contributed by atoms with Crippen LogP contribution in [0.15, 0.2) is 40.9 Å². The van der Waals surface area contributed by atoms with Crippen molar-refractivity contribution >= 4 is 41.3 Å². The van der Waals surface area contributed by atoms with Crippen molar-refractivity contribution in [2.75, 3.05) is 34.4 Å². The molecule has 2 aliphatic rings. The molecule has 0 spiro atoms. The molecular weight excluding hydrogens is 555 g/mol. The zero-order chi connectivity index (χ0) is 31.3. The Kier molecular flexibility index (Phi) is 7.68. The number of hydrogen-bond acceptors (Lipinski definition) is 9. The molecule has 228 valence electrons. The van der Waals surface area contributed by atoms with Crippen LogP contribution in [0, 0.1) is 0 Å². The predicted octanol–water partition coefficient (Wildman–Crippen LogP) is 2.13. The van der Waals surface area contributed by atoms with Gasteiger partial charge in [0.05, 0.1) is 30.2 Å². The third-order valence-electron chi connectivity index (χ3n) is 8.49. The molecule has 0 saturated carbocycles. The number of amides is 3. The van der Waals surface area contributed by atoms with Gasteiger partial charge in [0.15, 0.2) is 11.3 Å². The molecule has 0 aliphatic carbocycles. The number of methoxy groups -OCH3 is 1. The number of benzene rings is 1. The van der Waals surface area contributed by atoms with Gasteiger partial charge in [0, 0.05) is 20.3 Å². The summed E-state index contributed by atoms with van der Waals surface area (Å²) in [6.07, 6.45) is 1.59. The first-order chi connectivity index (χ1) is 20.2. The lowest BCUT2D eigenvalue weighted by Crippen LogP contribution is -2.62. The van der Waals surface area contributed by atoms with Gasteiger partial charge >= 0.3 is 7.12 Å². The van der Waals surface area contributed by atoms with Crippen LogP contribution in [0.5, 0.6) is 11.5 Å². The molecule has 0 radical (unpaired) electrons. The van der Waals surface area contributed by atoms with Crippen LogP contribution in [-0.2, 0) is 25.4 Å². The molecule has 3 aromatic rings. The number of carbonyl (C=O) groups excluding carboxylic acids is 3. The summed E-state index contributed by atoms with van der Waals surface area (Å²) in [4.78, 5) is 47.6. The van der Waals surface area contributed by atoms with Crippen LogP contribution >= 0.6 is 0 Å². The number of hydrogen-bond donors (Lipinski definition) is 1. The molecule has 13 heteroatoms. The topological polar surface area (TPSA) is 133 Å². The molecule has 1 saturated heterocycles. The first-order valence-corrected chi connectivity index (χ1v) is 14.0. The minimum absolute atomic E-state index is 0.0380. The fraction of sp³-hybridized carbons (Fsp3) is 0.467. The first kappa shape index (κ1) is 30.4. The van der Waals surface area contributed by atoms with Gasteiger partial charge in [-0.05, 0) is 64.3 Å². The van der Waals surface area contributed by atoms with Crippen LogP contribution in [0.1, 0.15) is 50.9 Å². The fourth-order valence-electron chi connectivity index (χ4n) is 4.94. The van der Waals surface area contributed by atoms with E-state index in [-0.39, 0.29) is 37.1 Å². The Morgan fingerprint density at radius 2 is 1.81 bits per heavy atom. The maximum atomic E-state index is 14.1. The smallest absolute Gasteiger partial charge is 0.494 e. The summed E-state index contributed by atoms with van der Waals surface area (Å²) < 4.78 is 29.9. The largest absolute Gasteiger partial charge is 0.495 e.